The van der Waals surface area contributed by atoms with E-state index >= 15 is 0 Å². The van der Waals surface area contributed by atoms with Crippen LogP contribution in [0.15, 0.2) is 48.5 Å². The minimum atomic E-state index is -1.09. The Hall–Kier alpha value is -2.89. The van der Waals surface area contributed by atoms with Gasteiger partial charge in [0.25, 0.3) is 5.91 Å². The number of nitrogens with two attached hydrogens (primary N) is 1. The van der Waals surface area contributed by atoms with Gasteiger partial charge in [0.15, 0.2) is 0 Å². The van der Waals surface area contributed by atoms with E-state index in [1.54, 1.807) is 44.4 Å². The average Bonchev–Trinajstić information content (AvgIpc) is 2.52. The van der Waals surface area contributed by atoms with Gasteiger partial charge in [-0.2, -0.15) is 0 Å². The third-order valence-corrected chi connectivity index (χ3v) is 3.23. The molecule has 2 N–H and O–H groups in total. The molecule has 0 saturated carbocycles. The van der Waals surface area contributed by atoms with E-state index in [1.165, 1.54) is 11.0 Å². The van der Waals surface area contributed by atoms with Gasteiger partial charge in [0.05, 0.1) is 5.56 Å². The molecule has 6 heteroatoms. The fourth-order valence-electron chi connectivity index (χ4n) is 2.01. The van der Waals surface area contributed by atoms with Gasteiger partial charge in [-0.3, -0.25) is 4.79 Å². The highest BCUT2D eigenvalue weighted by atomic mass is 19.1. The van der Waals surface area contributed by atoms with Gasteiger partial charge >= 0.3 is 5.97 Å². The Bertz CT molecular complexity index is 717. The van der Waals surface area contributed by atoms with Crippen LogP contribution in [-0.4, -0.2) is 30.9 Å². The van der Waals surface area contributed by atoms with Crippen LogP contribution >= 0.6 is 0 Å². The number of amides is 1. The topological polar surface area (TPSA) is 72.6 Å². The molecule has 120 valence electrons. The summed E-state index contributed by atoms with van der Waals surface area (Å²) in [6.07, 6.45) is -1.09. The molecule has 0 aliphatic rings. The lowest BCUT2D eigenvalue weighted by molar-refractivity contribution is -0.138. The molecule has 0 aliphatic heterocycles. The van der Waals surface area contributed by atoms with Crippen molar-refractivity contribution in [3.05, 3.63) is 65.5 Å². The number of carbonyl (C=O) groups excluding carboxylic acids is 2. The van der Waals surface area contributed by atoms with E-state index in [9.17, 15) is 14.0 Å². The van der Waals surface area contributed by atoms with Crippen molar-refractivity contribution in [2.45, 2.75) is 6.10 Å². The Balaban J connectivity index is 2.30. The molecule has 5 nitrogen and oxygen atoms in total. The van der Waals surface area contributed by atoms with Gasteiger partial charge in [0.2, 0.25) is 6.10 Å². The summed E-state index contributed by atoms with van der Waals surface area (Å²) in [5, 5.41) is 0. The van der Waals surface area contributed by atoms with E-state index in [1.807, 2.05) is 0 Å². The summed E-state index contributed by atoms with van der Waals surface area (Å²) >= 11 is 0. The summed E-state index contributed by atoms with van der Waals surface area (Å²) in [7, 11) is 3.14. The summed E-state index contributed by atoms with van der Waals surface area (Å²) in [6, 6.07) is 12.0. The molecule has 0 spiro atoms. The Kier molecular flexibility index (Phi) is 4.95. The van der Waals surface area contributed by atoms with Crippen molar-refractivity contribution in [1.82, 2.24) is 4.90 Å². The van der Waals surface area contributed by atoms with E-state index in [0.717, 1.165) is 12.1 Å². The molecule has 0 heterocycles. The monoisotopic (exact) mass is 316 g/mol. The third-order valence-electron chi connectivity index (χ3n) is 3.23. The standard InChI is InChI=1S/C17H17FN2O3/c1-20(2)16(21)15(11-6-4-3-5-7-11)23-17(22)13-9-8-12(18)10-14(13)19/h3-10,15H,19H2,1-2H3/t15-/m1/s1. The van der Waals surface area contributed by atoms with Gasteiger partial charge in [-0.15, -0.1) is 0 Å². The maximum atomic E-state index is 13.1. The molecule has 0 radical (unpaired) electrons. The van der Waals surface area contributed by atoms with Gasteiger partial charge in [0.1, 0.15) is 5.82 Å². The quantitative estimate of drug-likeness (QED) is 0.694. The molecule has 0 fully saturated rings. The van der Waals surface area contributed by atoms with Crippen molar-refractivity contribution < 1.29 is 18.7 Å². The lowest BCUT2D eigenvalue weighted by atomic mass is 10.1. The zero-order valence-electron chi connectivity index (χ0n) is 12.8. The molecule has 0 saturated heterocycles. The molecule has 2 aromatic carbocycles. The second-order valence-corrected chi connectivity index (χ2v) is 5.16. The fraction of sp³-hybridized carbons (Fsp3) is 0.176. The van der Waals surface area contributed by atoms with Gasteiger partial charge in [-0.25, -0.2) is 9.18 Å². The van der Waals surface area contributed by atoms with Crippen molar-refractivity contribution >= 4 is 17.6 Å². The van der Waals surface area contributed by atoms with Crippen molar-refractivity contribution in [1.29, 1.82) is 0 Å². The molecule has 0 bridgehead atoms. The lowest BCUT2D eigenvalue weighted by Gasteiger charge is -2.21. The highest BCUT2D eigenvalue weighted by Crippen LogP contribution is 2.23. The molecule has 0 unspecified atom stereocenters. The zero-order valence-corrected chi connectivity index (χ0v) is 12.8. The number of ether oxygens (including phenoxy) is 1. The maximum absolute atomic E-state index is 13.1. The number of nitrogen functional groups attached to an aromatic ring is 1. The first-order valence-electron chi connectivity index (χ1n) is 6.92. The molecule has 1 atom stereocenters. The third kappa shape index (κ3) is 3.85. The van der Waals surface area contributed by atoms with Gasteiger partial charge in [0, 0.05) is 25.3 Å². The predicted molar refractivity (Wildman–Crippen MR) is 84.1 cm³/mol. The second-order valence-electron chi connectivity index (χ2n) is 5.16. The van der Waals surface area contributed by atoms with Crippen LogP contribution in [-0.2, 0) is 9.53 Å². The molecule has 2 aromatic rings. The number of carbonyl (C=O) groups is 2. The fourth-order valence-corrected chi connectivity index (χ4v) is 2.01. The highest BCUT2D eigenvalue weighted by molar-refractivity contribution is 5.97. The zero-order chi connectivity index (χ0) is 17.0. The Morgan fingerprint density at radius 3 is 2.35 bits per heavy atom. The van der Waals surface area contributed by atoms with Crippen LogP contribution in [0.3, 0.4) is 0 Å². The summed E-state index contributed by atoms with van der Waals surface area (Å²) in [5.41, 5.74) is 6.15. The van der Waals surface area contributed by atoms with Crippen molar-refractivity contribution in [2.75, 3.05) is 19.8 Å². The predicted octanol–water partition coefficient (Wildman–Crippen LogP) is 2.39. The van der Waals surface area contributed by atoms with Gasteiger partial charge < -0.3 is 15.4 Å². The van der Waals surface area contributed by atoms with E-state index < -0.39 is 17.9 Å². The molecular weight excluding hydrogens is 299 g/mol. The van der Waals surface area contributed by atoms with E-state index in [2.05, 4.69) is 0 Å². The first-order chi connectivity index (χ1) is 10.9. The lowest BCUT2D eigenvalue weighted by Crippen LogP contribution is -2.31. The molecule has 1 amide bonds. The SMILES string of the molecule is CN(C)C(=O)[C@H](OC(=O)c1ccc(F)cc1N)c1ccccc1. The van der Waals surface area contributed by atoms with Crippen molar-refractivity contribution in [3.63, 3.8) is 0 Å². The van der Waals surface area contributed by atoms with Crippen LogP contribution in [0.2, 0.25) is 0 Å². The minimum absolute atomic E-state index is 0.0129. The summed E-state index contributed by atoms with van der Waals surface area (Å²) in [5.74, 6) is -1.72. The van der Waals surface area contributed by atoms with Crippen LogP contribution in [0.1, 0.15) is 22.0 Å². The Morgan fingerprint density at radius 1 is 1.13 bits per heavy atom. The highest BCUT2D eigenvalue weighted by Gasteiger charge is 2.27. The molecule has 23 heavy (non-hydrogen) atoms. The number of hydrogen-bond acceptors (Lipinski definition) is 4. The van der Waals surface area contributed by atoms with E-state index in [-0.39, 0.29) is 17.2 Å². The van der Waals surface area contributed by atoms with Crippen LogP contribution in [0.5, 0.6) is 0 Å². The number of esters is 1. The maximum Gasteiger partial charge on any atom is 0.341 e. The minimum Gasteiger partial charge on any atom is -0.444 e. The first kappa shape index (κ1) is 16.5. The number of anilines is 1. The average molecular weight is 316 g/mol. The van der Waals surface area contributed by atoms with Crippen LogP contribution < -0.4 is 5.73 Å². The van der Waals surface area contributed by atoms with Gasteiger partial charge in [-0.1, -0.05) is 30.3 Å². The second kappa shape index (κ2) is 6.91. The number of hydrogen-bond donors (Lipinski definition) is 1. The molecule has 0 aromatic heterocycles. The summed E-state index contributed by atoms with van der Waals surface area (Å²) in [6.45, 7) is 0. The van der Waals surface area contributed by atoms with Crippen molar-refractivity contribution in [3.8, 4) is 0 Å². The van der Waals surface area contributed by atoms with Crippen LogP contribution in [0.4, 0.5) is 10.1 Å². The molecule has 0 aliphatic carbocycles. The largest absolute Gasteiger partial charge is 0.444 e. The van der Waals surface area contributed by atoms with Crippen molar-refractivity contribution in [2.24, 2.45) is 0 Å². The normalized spacial score (nSPS) is 11.6. The number of nitrogens with zero attached hydrogens (tertiary/aromatic N) is 1. The van der Waals surface area contributed by atoms with Crippen LogP contribution in [0.25, 0.3) is 0 Å². The van der Waals surface area contributed by atoms with Crippen LogP contribution in [0, 0.1) is 5.82 Å². The summed E-state index contributed by atoms with van der Waals surface area (Å²) in [4.78, 5) is 25.9. The Morgan fingerprint density at radius 2 is 1.78 bits per heavy atom. The van der Waals surface area contributed by atoms with E-state index in [0.29, 0.717) is 5.56 Å². The number of rotatable bonds is 4. The smallest absolute Gasteiger partial charge is 0.341 e. The Labute approximate surface area is 133 Å². The number of benzene rings is 2. The summed E-state index contributed by atoms with van der Waals surface area (Å²) < 4.78 is 18.4. The molecular formula is C17H17FN2O3. The molecule has 2 rings (SSSR count). The number of halogens is 1. The van der Waals surface area contributed by atoms with Gasteiger partial charge in [-0.05, 0) is 18.2 Å². The first-order valence-corrected chi connectivity index (χ1v) is 6.92. The number of likely N-dealkylation sites (N-methyl/N-ethyl adjacent to an activating group) is 1. The van der Waals surface area contributed by atoms with E-state index in [4.69, 9.17) is 10.5 Å².